The second kappa shape index (κ2) is 7.69. The fraction of sp³-hybridized carbons (Fsp3) is 0.435. The van der Waals surface area contributed by atoms with Crippen molar-refractivity contribution in [2.45, 2.75) is 58.4 Å². The van der Waals surface area contributed by atoms with Crippen molar-refractivity contribution in [2.75, 3.05) is 9.80 Å². The van der Waals surface area contributed by atoms with Crippen molar-refractivity contribution in [3.8, 4) is 0 Å². The van der Waals surface area contributed by atoms with Crippen LogP contribution in [0.1, 0.15) is 38.9 Å². The zero-order valence-corrected chi connectivity index (χ0v) is 18.9. The number of carbonyl (C=O) groups excluding carboxylic acids is 1. The number of imidazole rings is 1. The Morgan fingerprint density at radius 2 is 2.00 bits per heavy atom. The maximum Gasteiger partial charge on any atom is 0.163 e. The molecule has 2 aliphatic rings. The molecule has 156 valence electrons. The molecule has 0 spiro atoms. The number of pyridine rings is 1. The molecule has 6 nitrogen and oxygen atoms in total. The van der Waals surface area contributed by atoms with Gasteiger partial charge in [0.15, 0.2) is 18.1 Å². The molecule has 3 aromatic rings. The summed E-state index contributed by atoms with van der Waals surface area (Å²) < 4.78 is 3.15. The fourth-order valence-electron chi connectivity index (χ4n) is 4.37. The molecule has 2 aromatic heterocycles. The number of aromatic nitrogens is 3. The van der Waals surface area contributed by atoms with E-state index in [2.05, 4.69) is 67.3 Å². The lowest BCUT2D eigenvalue weighted by Crippen LogP contribution is -2.45. The number of carbonyl (C=O) groups is 1. The Morgan fingerprint density at radius 3 is 2.70 bits per heavy atom. The monoisotopic (exact) mass is 467 g/mol. The van der Waals surface area contributed by atoms with Gasteiger partial charge in [-0.3, -0.25) is 4.79 Å². The maximum atomic E-state index is 12.2. The number of para-hydroxylation sites is 2. The summed E-state index contributed by atoms with van der Waals surface area (Å²) in [5.41, 5.74) is 4.06. The molecule has 1 saturated carbocycles. The zero-order valence-electron chi connectivity index (χ0n) is 17.3. The summed E-state index contributed by atoms with van der Waals surface area (Å²) in [4.78, 5) is 26.3. The standard InChI is InChI=1S/C23H26BrN5O/c1-15(2)9-10-27-21(26-18-11-16(24)12-25-23(18)27)13-28-19-5-3-4-6-20(19)29(17-7-8-17)22(28)14-30/h3-6,11-12,14-15,17,22H,7-10,13H2,1-2H3. The first-order chi connectivity index (χ1) is 14.6. The summed E-state index contributed by atoms with van der Waals surface area (Å²) in [5, 5.41) is 0. The highest BCUT2D eigenvalue weighted by Crippen LogP contribution is 2.45. The summed E-state index contributed by atoms with van der Waals surface area (Å²) in [6.07, 6.45) is 5.97. The molecule has 1 aromatic carbocycles. The first-order valence-corrected chi connectivity index (χ1v) is 11.5. The maximum absolute atomic E-state index is 12.2. The molecule has 0 radical (unpaired) electrons. The highest BCUT2D eigenvalue weighted by atomic mass is 79.9. The number of hydrogen-bond donors (Lipinski definition) is 0. The van der Waals surface area contributed by atoms with Crippen LogP contribution in [-0.4, -0.2) is 33.0 Å². The van der Waals surface area contributed by atoms with Gasteiger partial charge in [-0.25, -0.2) is 9.97 Å². The Hall–Kier alpha value is -2.41. The average Bonchev–Trinajstić information content (AvgIpc) is 3.44. The van der Waals surface area contributed by atoms with Crippen LogP contribution in [0.25, 0.3) is 11.2 Å². The highest BCUT2D eigenvalue weighted by Gasteiger charge is 2.43. The van der Waals surface area contributed by atoms with Crippen LogP contribution in [0.3, 0.4) is 0 Å². The van der Waals surface area contributed by atoms with Crippen LogP contribution in [0.5, 0.6) is 0 Å². The van der Waals surface area contributed by atoms with Gasteiger partial charge in [0.05, 0.1) is 17.9 Å². The van der Waals surface area contributed by atoms with Crippen molar-refractivity contribution in [3.05, 3.63) is 46.8 Å². The number of rotatable bonds is 7. The summed E-state index contributed by atoms with van der Waals surface area (Å²) in [7, 11) is 0. The topological polar surface area (TPSA) is 54.3 Å². The Kier molecular flexibility index (Phi) is 5.01. The van der Waals surface area contributed by atoms with E-state index < -0.39 is 0 Å². The van der Waals surface area contributed by atoms with Gasteiger partial charge >= 0.3 is 0 Å². The number of benzene rings is 1. The lowest BCUT2D eigenvalue weighted by Gasteiger charge is -2.29. The second-order valence-corrected chi connectivity index (χ2v) is 9.58. The molecular weight excluding hydrogens is 442 g/mol. The van der Waals surface area contributed by atoms with Crippen molar-refractivity contribution in [2.24, 2.45) is 5.92 Å². The van der Waals surface area contributed by atoms with E-state index in [1.54, 1.807) is 0 Å². The minimum Gasteiger partial charge on any atom is -0.340 e. The number of halogens is 1. The predicted octanol–water partition coefficient (Wildman–Crippen LogP) is 4.75. The first kappa shape index (κ1) is 19.5. The van der Waals surface area contributed by atoms with Gasteiger partial charge in [0.1, 0.15) is 11.3 Å². The van der Waals surface area contributed by atoms with Crippen molar-refractivity contribution >= 4 is 44.8 Å². The van der Waals surface area contributed by atoms with Crippen molar-refractivity contribution in [3.63, 3.8) is 0 Å². The summed E-state index contributed by atoms with van der Waals surface area (Å²) in [6.45, 7) is 5.91. The minimum absolute atomic E-state index is 0.284. The predicted molar refractivity (Wildman–Crippen MR) is 123 cm³/mol. The largest absolute Gasteiger partial charge is 0.340 e. The van der Waals surface area contributed by atoms with E-state index in [4.69, 9.17) is 4.98 Å². The summed E-state index contributed by atoms with van der Waals surface area (Å²) in [5.74, 6) is 1.54. The number of anilines is 2. The van der Waals surface area contributed by atoms with E-state index in [1.165, 1.54) is 0 Å². The number of nitrogens with zero attached hydrogens (tertiary/aromatic N) is 5. The SMILES string of the molecule is CC(C)CCn1c(CN2c3ccccc3N(C3CC3)C2C=O)nc2cc(Br)cnc21. The van der Waals surface area contributed by atoms with E-state index in [1.807, 2.05) is 18.3 Å². The molecule has 0 saturated heterocycles. The van der Waals surface area contributed by atoms with E-state index in [9.17, 15) is 4.79 Å². The third-order valence-corrected chi connectivity index (χ3v) is 6.44. The summed E-state index contributed by atoms with van der Waals surface area (Å²) in [6, 6.07) is 10.8. The first-order valence-electron chi connectivity index (χ1n) is 10.7. The van der Waals surface area contributed by atoms with Crippen molar-refractivity contribution in [1.82, 2.24) is 14.5 Å². The van der Waals surface area contributed by atoms with Gasteiger partial charge in [0.25, 0.3) is 0 Å². The lowest BCUT2D eigenvalue weighted by molar-refractivity contribution is -0.108. The fourth-order valence-corrected chi connectivity index (χ4v) is 4.69. The Bertz CT molecular complexity index is 1090. The molecule has 3 heterocycles. The molecule has 0 amide bonds. The third-order valence-electron chi connectivity index (χ3n) is 6.01. The van der Waals surface area contributed by atoms with Gasteiger partial charge in [-0.1, -0.05) is 26.0 Å². The molecule has 5 rings (SSSR count). The summed E-state index contributed by atoms with van der Waals surface area (Å²) >= 11 is 3.51. The van der Waals surface area contributed by atoms with Gasteiger partial charge in [-0.05, 0) is 59.3 Å². The molecule has 1 fully saturated rings. The molecule has 0 N–H and O–H groups in total. The van der Waals surface area contributed by atoms with Crippen LogP contribution in [0, 0.1) is 5.92 Å². The average molecular weight is 468 g/mol. The van der Waals surface area contributed by atoms with Gasteiger partial charge in [0, 0.05) is 23.3 Å². The number of aldehydes is 1. The van der Waals surface area contributed by atoms with Gasteiger partial charge in [-0.15, -0.1) is 0 Å². The molecule has 1 aliphatic carbocycles. The molecular formula is C23H26BrN5O. The van der Waals surface area contributed by atoms with Crippen LogP contribution < -0.4 is 9.80 Å². The molecule has 0 bridgehead atoms. The Balaban J connectivity index is 1.56. The lowest BCUT2D eigenvalue weighted by atomic mass is 10.1. The third kappa shape index (κ3) is 3.39. The van der Waals surface area contributed by atoms with Crippen molar-refractivity contribution < 1.29 is 4.79 Å². The molecule has 7 heteroatoms. The van der Waals surface area contributed by atoms with E-state index in [0.717, 1.165) is 64.9 Å². The van der Waals surface area contributed by atoms with Crippen LogP contribution in [-0.2, 0) is 17.9 Å². The molecule has 1 atom stereocenters. The van der Waals surface area contributed by atoms with Crippen LogP contribution in [0.2, 0.25) is 0 Å². The quantitative estimate of drug-likeness (QED) is 0.469. The number of aryl methyl sites for hydroxylation is 1. The highest BCUT2D eigenvalue weighted by molar-refractivity contribution is 9.10. The Labute approximate surface area is 185 Å². The number of fused-ring (bicyclic) bond motifs is 2. The molecule has 30 heavy (non-hydrogen) atoms. The molecule has 1 unspecified atom stereocenters. The van der Waals surface area contributed by atoms with E-state index in [-0.39, 0.29) is 6.17 Å². The van der Waals surface area contributed by atoms with Crippen LogP contribution >= 0.6 is 15.9 Å². The second-order valence-electron chi connectivity index (χ2n) is 8.66. The number of hydrogen-bond acceptors (Lipinski definition) is 5. The Morgan fingerprint density at radius 1 is 1.23 bits per heavy atom. The van der Waals surface area contributed by atoms with E-state index in [0.29, 0.717) is 18.5 Å². The smallest absolute Gasteiger partial charge is 0.163 e. The molecule has 1 aliphatic heterocycles. The van der Waals surface area contributed by atoms with E-state index >= 15 is 0 Å². The van der Waals surface area contributed by atoms with Crippen molar-refractivity contribution in [1.29, 1.82) is 0 Å². The normalized spacial score (nSPS) is 18.5. The minimum atomic E-state index is -0.284. The zero-order chi connectivity index (χ0) is 20.8. The van der Waals surface area contributed by atoms with Crippen LogP contribution in [0.15, 0.2) is 41.0 Å². The van der Waals surface area contributed by atoms with Crippen LogP contribution in [0.4, 0.5) is 11.4 Å². The van der Waals surface area contributed by atoms with Gasteiger partial charge in [-0.2, -0.15) is 0 Å². The van der Waals surface area contributed by atoms with Gasteiger partial charge < -0.3 is 14.4 Å². The van der Waals surface area contributed by atoms with Gasteiger partial charge in [0.2, 0.25) is 0 Å².